The molecule has 12 nitrogen and oxygen atoms in total. The fourth-order valence-electron chi connectivity index (χ4n) is 4.30. The zero-order valence-corrected chi connectivity index (χ0v) is 22.9. The van der Waals surface area contributed by atoms with Crippen LogP contribution in [0.1, 0.15) is 54.2 Å². The Morgan fingerprint density at radius 3 is 2.78 bits per heavy atom. The molecule has 0 spiro atoms. The van der Waals surface area contributed by atoms with E-state index in [4.69, 9.17) is 23.3 Å². The highest BCUT2D eigenvalue weighted by molar-refractivity contribution is 8.13. The van der Waals surface area contributed by atoms with E-state index < -0.39 is 43.5 Å². The third-order valence-corrected chi connectivity index (χ3v) is 8.42. The first-order valence-electron chi connectivity index (χ1n) is 11.7. The Bertz CT molecular complexity index is 1200. The summed E-state index contributed by atoms with van der Waals surface area (Å²) in [7, 11) is -2.44. The number of nitrogens with one attached hydrogen (secondary N) is 1. The summed E-state index contributed by atoms with van der Waals surface area (Å²) in [6.07, 6.45) is 1.56. The van der Waals surface area contributed by atoms with Crippen LogP contribution in [0.15, 0.2) is 17.4 Å². The molecule has 0 radical (unpaired) electrons. The van der Waals surface area contributed by atoms with Gasteiger partial charge in [0.15, 0.2) is 28.3 Å². The summed E-state index contributed by atoms with van der Waals surface area (Å²) in [6, 6.07) is 0. The fourth-order valence-corrected chi connectivity index (χ4v) is 5.90. The molecule has 0 bridgehead atoms. The number of carbonyl (C=O) groups excluding carboxylic acids is 1. The Labute approximate surface area is 213 Å². The number of aromatic amines is 1. The molecule has 198 valence electrons. The van der Waals surface area contributed by atoms with E-state index in [0.717, 1.165) is 18.2 Å². The molecule has 2 aliphatic rings. The smallest absolute Gasteiger partial charge is 0.346 e. The molecule has 2 saturated heterocycles. The quantitative estimate of drug-likeness (QED) is 0.348. The van der Waals surface area contributed by atoms with Gasteiger partial charge in [0.05, 0.1) is 12.7 Å². The van der Waals surface area contributed by atoms with Crippen molar-refractivity contribution in [1.82, 2.24) is 19.5 Å². The van der Waals surface area contributed by atoms with E-state index in [2.05, 4.69) is 15.0 Å². The number of fused-ring (bicyclic) bond motifs is 2. The summed E-state index contributed by atoms with van der Waals surface area (Å²) >= 11 is 1.16. The van der Waals surface area contributed by atoms with Gasteiger partial charge in [0.1, 0.15) is 31.0 Å². The van der Waals surface area contributed by atoms with Crippen LogP contribution >= 0.6 is 20.0 Å². The molecule has 36 heavy (non-hydrogen) atoms. The minimum atomic E-state index is -2.44. The summed E-state index contributed by atoms with van der Waals surface area (Å²) in [5, 5.41) is 0.0685. The molecular formula is C22H32N4O8PS+. The maximum Gasteiger partial charge on any atom is 0.697 e. The number of H-pyrrole nitrogens is 1. The van der Waals surface area contributed by atoms with Crippen LogP contribution in [-0.2, 0) is 32.6 Å². The number of thioether (sulfide) groups is 1. The first-order chi connectivity index (χ1) is 16.9. The molecule has 2 aromatic heterocycles. The Hall–Kier alpha value is -1.73. The van der Waals surface area contributed by atoms with Gasteiger partial charge >= 0.3 is 8.25 Å². The van der Waals surface area contributed by atoms with Crippen molar-refractivity contribution in [2.75, 3.05) is 19.0 Å². The Balaban J connectivity index is 1.39. The van der Waals surface area contributed by atoms with Gasteiger partial charge < -0.3 is 19.2 Å². The van der Waals surface area contributed by atoms with E-state index in [1.165, 1.54) is 12.7 Å². The zero-order valence-electron chi connectivity index (χ0n) is 21.2. The van der Waals surface area contributed by atoms with Crippen LogP contribution in [0, 0.1) is 5.41 Å². The van der Waals surface area contributed by atoms with Crippen LogP contribution < -0.4 is 5.56 Å². The minimum Gasteiger partial charge on any atom is -0.346 e. The monoisotopic (exact) mass is 543 g/mol. The summed E-state index contributed by atoms with van der Waals surface area (Å²) < 4.78 is 43.3. The summed E-state index contributed by atoms with van der Waals surface area (Å²) in [5.74, 6) is -0.532. The lowest BCUT2D eigenvalue weighted by Crippen LogP contribution is -2.42. The average Bonchev–Trinajstić information content (AvgIpc) is 3.42. The lowest BCUT2D eigenvalue weighted by atomic mass is 9.92. The number of hydrogen-bond acceptors (Lipinski definition) is 11. The molecule has 2 unspecified atom stereocenters. The molecule has 4 heterocycles. The number of ether oxygens (including phenoxy) is 3. The first-order valence-corrected chi connectivity index (χ1v) is 13.8. The predicted molar refractivity (Wildman–Crippen MR) is 132 cm³/mol. The van der Waals surface area contributed by atoms with Crippen molar-refractivity contribution in [2.45, 2.75) is 77.8 Å². The van der Waals surface area contributed by atoms with E-state index in [1.54, 1.807) is 18.4 Å². The second kappa shape index (κ2) is 10.2. The third kappa shape index (κ3) is 5.28. The molecule has 0 amide bonds. The number of imidazole rings is 1. The molecule has 5 atom stereocenters. The SMILES string of the molecule is CCC(C)(C)C(=O)SCCO[P+](=O)OC[C@H]1O[C@@H](n2cnc3c(=O)[nH]cnc32)[C@@]2(C)OC(C)(C)OC12. The van der Waals surface area contributed by atoms with Gasteiger partial charge in [0.25, 0.3) is 5.56 Å². The van der Waals surface area contributed by atoms with Crippen LogP contribution in [0.2, 0.25) is 0 Å². The van der Waals surface area contributed by atoms with E-state index in [1.807, 2.05) is 27.7 Å². The van der Waals surface area contributed by atoms with Gasteiger partial charge in [-0.05, 0) is 27.2 Å². The molecule has 2 aliphatic heterocycles. The molecule has 0 saturated carbocycles. The van der Waals surface area contributed by atoms with Gasteiger partial charge in [0.2, 0.25) is 0 Å². The number of rotatable bonds is 10. The Morgan fingerprint density at radius 1 is 1.31 bits per heavy atom. The van der Waals surface area contributed by atoms with Crippen molar-refractivity contribution in [2.24, 2.45) is 5.41 Å². The van der Waals surface area contributed by atoms with Crippen LogP contribution in [0.3, 0.4) is 0 Å². The molecule has 1 N–H and O–H groups in total. The maximum absolute atomic E-state index is 12.3. The highest BCUT2D eigenvalue weighted by atomic mass is 32.2. The standard InChI is InChI=1S/C22H31N4O8PS/c1-7-20(2,3)19(28)36-9-8-30-35(29)31-10-13-15-22(6,34-21(4,5)33-15)18(32-13)26-12-25-14-16(26)23-11-24-17(14)27/h11-13,15,18H,7-10H2,1-6H3/p+1/t13-,15?,18-,22+/m1/s1. The second-order valence-corrected chi connectivity index (χ2v) is 12.1. The van der Waals surface area contributed by atoms with Crippen molar-refractivity contribution >= 4 is 36.3 Å². The third-order valence-electron chi connectivity index (χ3n) is 6.48. The topological polar surface area (TPSA) is 144 Å². The van der Waals surface area contributed by atoms with Crippen LogP contribution in [0.4, 0.5) is 0 Å². The summed E-state index contributed by atoms with van der Waals surface area (Å²) in [5.41, 5.74) is -1.23. The molecule has 4 rings (SSSR count). The summed E-state index contributed by atoms with van der Waals surface area (Å²) in [6.45, 7) is 11.2. The number of nitrogens with zero attached hydrogens (tertiary/aromatic N) is 3. The molecular weight excluding hydrogens is 511 g/mol. The fraction of sp³-hybridized carbons (Fsp3) is 0.727. The second-order valence-electron chi connectivity index (χ2n) is 10.0. The Morgan fingerprint density at radius 2 is 2.06 bits per heavy atom. The van der Waals surface area contributed by atoms with Gasteiger partial charge in [-0.3, -0.25) is 14.2 Å². The predicted octanol–water partition coefficient (Wildman–Crippen LogP) is 3.31. The number of aromatic nitrogens is 4. The first kappa shape index (κ1) is 27.3. The lowest BCUT2D eigenvalue weighted by molar-refractivity contribution is -0.216. The van der Waals surface area contributed by atoms with Crippen molar-refractivity contribution in [1.29, 1.82) is 0 Å². The van der Waals surface area contributed by atoms with Gasteiger partial charge in [-0.15, -0.1) is 9.05 Å². The van der Waals surface area contributed by atoms with E-state index >= 15 is 0 Å². The Kier molecular flexibility index (Phi) is 7.74. The highest BCUT2D eigenvalue weighted by Gasteiger charge is 2.64. The normalized spacial score (nSPS) is 27.9. The number of hydrogen-bond donors (Lipinski definition) is 1. The van der Waals surface area contributed by atoms with Crippen LogP contribution in [0.25, 0.3) is 11.2 Å². The van der Waals surface area contributed by atoms with Crippen LogP contribution in [-0.4, -0.2) is 67.2 Å². The van der Waals surface area contributed by atoms with Crippen molar-refractivity contribution in [3.05, 3.63) is 23.0 Å². The van der Waals surface area contributed by atoms with Gasteiger partial charge in [-0.2, -0.15) is 0 Å². The minimum absolute atomic E-state index is 0.0685. The van der Waals surface area contributed by atoms with Crippen molar-refractivity contribution in [3.63, 3.8) is 0 Å². The van der Waals surface area contributed by atoms with Gasteiger partial charge in [-0.1, -0.05) is 32.5 Å². The molecule has 0 aliphatic carbocycles. The van der Waals surface area contributed by atoms with Gasteiger partial charge in [-0.25, -0.2) is 9.97 Å². The van der Waals surface area contributed by atoms with Crippen molar-refractivity contribution < 1.29 is 32.6 Å². The largest absolute Gasteiger partial charge is 0.697 e. The molecule has 0 aromatic carbocycles. The zero-order chi connectivity index (χ0) is 26.3. The average molecular weight is 544 g/mol. The van der Waals surface area contributed by atoms with Crippen molar-refractivity contribution in [3.8, 4) is 0 Å². The lowest BCUT2D eigenvalue weighted by Gasteiger charge is -2.30. The van der Waals surface area contributed by atoms with Gasteiger partial charge in [0, 0.05) is 15.7 Å². The van der Waals surface area contributed by atoms with E-state index in [9.17, 15) is 14.2 Å². The molecule has 2 aromatic rings. The van der Waals surface area contributed by atoms with E-state index in [0.29, 0.717) is 11.4 Å². The molecule has 2 fully saturated rings. The number of carbonyl (C=O) groups is 1. The maximum atomic E-state index is 12.3. The highest BCUT2D eigenvalue weighted by Crippen LogP contribution is 2.51. The van der Waals surface area contributed by atoms with E-state index in [-0.39, 0.29) is 29.4 Å². The molecule has 14 heteroatoms. The van der Waals surface area contributed by atoms with Crippen LogP contribution in [0.5, 0.6) is 0 Å². The summed E-state index contributed by atoms with van der Waals surface area (Å²) in [4.78, 5) is 35.2.